The normalized spacial score (nSPS) is 17.5. The summed E-state index contributed by atoms with van der Waals surface area (Å²) in [5.74, 6) is -1.38. The molecule has 3 aromatic carbocycles. The molecule has 1 fully saturated rings. The molecule has 10 heteroatoms. The largest absolute Gasteiger partial charge is 0.481 e. The Morgan fingerprint density at radius 1 is 1.00 bits per heavy atom. The van der Waals surface area contributed by atoms with Crippen LogP contribution in [0.4, 0.5) is 40.3 Å². The second-order valence-electron chi connectivity index (χ2n) is 9.40. The van der Waals surface area contributed by atoms with Gasteiger partial charge in [-0.1, -0.05) is 24.3 Å². The first-order valence-electron chi connectivity index (χ1n) is 12.2. The summed E-state index contributed by atoms with van der Waals surface area (Å²) in [6.07, 6.45) is -3.51. The maximum Gasteiger partial charge on any atom is 0.418 e. The van der Waals surface area contributed by atoms with Crippen LogP contribution in [0.2, 0.25) is 0 Å². The van der Waals surface area contributed by atoms with Gasteiger partial charge in [0.1, 0.15) is 5.82 Å². The van der Waals surface area contributed by atoms with E-state index in [4.69, 9.17) is 0 Å². The van der Waals surface area contributed by atoms with E-state index >= 15 is 0 Å². The summed E-state index contributed by atoms with van der Waals surface area (Å²) < 4.78 is 56.7. The zero-order valence-corrected chi connectivity index (χ0v) is 20.6. The third-order valence-corrected chi connectivity index (χ3v) is 7.02. The molecule has 3 aromatic rings. The fraction of sp³-hybridized carbons (Fsp3) is 0.286. The van der Waals surface area contributed by atoms with Crippen LogP contribution in [0.1, 0.15) is 29.2 Å². The molecule has 1 atom stereocenters. The average Bonchev–Trinajstić information content (AvgIpc) is 2.89. The Morgan fingerprint density at radius 2 is 1.71 bits per heavy atom. The number of hydrogen-bond acceptors (Lipinski definition) is 5. The number of aryl methyl sites for hydroxylation is 1. The predicted molar refractivity (Wildman–Crippen MR) is 139 cm³/mol. The van der Waals surface area contributed by atoms with Crippen LogP contribution in [-0.4, -0.2) is 43.6 Å². The molecule has 6 nitrogen and oxygen atoms in total. The molecule has 0 aliphatic carbocycles. The van der Waals surface area contributed by atoms with Crippen molar-refractivity contribution in [1.82, 2.24) is 0 Å². The third-order valence-electron chi connectivity index (χ3n) is 7.02. The molecule has 0 aromatic heterocycles. The molecule has 0 bridgehead atoms. The number of carboxylic acids is 1. The number of hydrogen-bond donors (Lipinski definition) is 1. The molecule has 0 amide bonds. The van der Waals surface area contributed by atoms with E-state index in [1.165, 1.54) is 23.4 Å². The van der Waals surface area contributed by atoms with Crippen LogP contribution >= 0.6 is 0 Å². The van der Waals surface area contributed by atoms with Crippen molar-refractivity contribution in [2.75, 3.05) is 40.9 Å². The molecule has 0 saturated carbocycles. The Kier molecular flexibility index (Phi) is 6.73. The van der Waals surface area contributed by atoms with Crippen LogP contribution in [0, 0.1) is 12.7 Å². The summed E-state index contributed by atoms with van der Waals surface area (Å²) in [6.45, 7) is 3.13. The summed E-state index contributed by atoms with van der Waals surface area (Å²) in [5, 5.41) is 9.64. The van der Waals surface area contributed by atoms with Gasteiger partial charge in [0.05, 0.1) is 41.4 Å². The molecule has 2 heterocycles. The molecule has 38 heavy (non-hydrogen) atoms. The standard InChI is InChI=1S/C28H26F4N4O2/c1-18-15-19(9-10-22(18)29)34-11-13-35(14-12-34)27-21(28(30,31)32)6-4-8-24(27)36-17-33-23-7-3-2-5-20(23)25(36)16-26(37)38/h2-10,15,17,25H,11-14,16H2,1H3,(H,37,38). The molecule has 1 N–H and O–H groups in total. The van der Waals surface area contributed by atoms with Gasteiger partial charge in [-0.05, 0) is 48.9 Å². The summed E-state index contributed by atoms with van der Waals surface area (Å²) in [6, 6.07) is 15.1. The lowest BCUT2D eigenvalue weighted by molar-refractivity contribution is -0.138. The first-order chi connectivity index (χ1) is 18.1. The monoisotopic (exact) mass is 526 g/mol. The van der Waals surface area contributed by atoms with Crippen molar-refractivity contribution in [3.63, 3.8) is 0 Å². The molecule has 2 aliphatic heterocycles. The first-order valence-corrected chi connectivity index (χ1v) is 12.2. The molecule has 198 valence electrons. The third kappa shape index (κ3) is 4.90. The fourth-order valence-corrected chi connectivity index (χ4v) is 5.16. The van der Waals surface area contributed by atoms with E-state index in [9.17, 15) is 27.5 Å². The van der Waals surface area contributed by atoms with Crippen LogP contribution in [-0.2, 0) is 11.0 Å². The van der Waals surface area contributed by atoms with Crippen molar-refractivity contribution in [2.24, 2.45) is 4.99 Å². The number of carbonyl (C=O) groups is 1. The van der Waals surface area contributed by atoms with Gasteiger partial charge < -0.3 is 19.8 Å². The number of piperazine rings is 1. The molecule has 1 unspecified atom stereocenters. The van der Waals surface area contributed by atoms with Crippen LogP contribution < -0.4 is 14.7 Å². The molecule has 2 aliphatic rings. The van der Waals surface area contributed by atoms with Gasteiger partial charge in [-0.3, -0.25) is 4.79 Å². The SMILES string of the molecule is Cc1cc(N2CCN(c3c(N4C=Nc5ccccc5C4CC(=O)O)cccc3C(F)(F)F)CC2)ccc1F. The Balaban J connectivity index is 1.53. The number of halogens is 4. The molecule has 0 radical (unpaired) electrons. The number of aliphatic carboxylic acids is 1. The quantitative estimate of drug-likeness (QED) is 0.403. The number of fused-ring (bicyclic) bond motifs is 1. The lowest BCUT2D eigenvalue weighted by atomic mass is 9.97. The molecule has 1 saturated heterocycles. The van der Waals surface area contributed by atoms with E-state index in [-0.39, 0.29) is 23.6 Å². The number of carboxylic acid groups (broad SMARTS) is 1. The average molecular weight is 527 g/mol. The van der Waals surface area contributed by atoms with Crippen molar-refractivity contribution in [3.8, 4) is 0 Å². The highest BCUT2D eigenvalue weighted by atomic mass is 19.4. The van der Waals surface area contributed by atoms with E-state index < -0.39 is 23.8 Å². The molecular weight excluding hydrogens is 500 g/mol. The van der Waals surface area contributed by atoms with Gasteiger partial charge >= 0.3 is 12.1 Å². The Bertz CT molecular complexity index is 1380. The van der Waals surface area contributed by atoms with Gasteiger partial charge in [0.25, 0.3) is 0 Å². The Labute approximate surface area is 217 Å². The number of alkyl halides is 3. The minimum Gasteiger partial charge on any atom is -0.481 e. The van der Waals surface area contributed by atoms with E-state index in [0.717, 1.165) is 11.8 Å². The Morgan fingerprint density at radius 3 is 2.39 bits per heavy atom. The van der Waals surface area contributed by atoms with Gasteiger partial charge in [-0.2, -0.15) is 13.2 Å². The number of nitrogens with zero attached hydrogens (tertiary/aromatic N) is 4. The van der Waals surface area contributed by atoms with E-state index in [0.29, 0.717) is 43.0 Å². The van der Waals surface area contributed by atoms with Crippen LogP contribution in [0.25, 0.3) is 0 Å². The highest BCUT2D eigenvalue weighted by Crippen LogP contribution is 2.46. The predicted octanol–water partition coefficient (Wildman–Crippen LogP) is 6.18. The summed E-state index contributed by atoms with van der Waals surface area (Å²) in [7, 11) is 0. The fourth-order valence-electron chi connectivity index (χ4n) is 5.16. The maximum atomic E-state index is 14.3. The van der Waals surface area contributed by atoms with Gasteiger partial charge in [0, 0.05) is 37.4 Å². The molecule has 5 rings (SSSR count). The van der Waals surface area contributed by atoms with Crippen LogP contribution in [0.5, 0.6) is 0 Å². The highest BCUT2D eigenvalue weighted by molar-refractivity contribution is 5.93. The van der Waals surface area contributed by atoms with Gasteiger partial charge in [-0.15, -0.1) is 0 Å². The molecular formula is C28H26F4N4O2. The number of benzene rings is 3. The molecule has 0 spiro atoms. The summed E-state index contributed by atoms with van der Waals surface area (Å²) >= 11 is 0. The minimum absolute atomic E-state index is 0.00356. The second kappa shape index (κ2) is 10.00. The lowest BCUT2D eigenvalue weighted by Crippen LogP contribution is -2.47. The van der Waals surface area contributed by atoms with Crippen molar-refractivity contribution >= 4 is 35.1 Å². The zero-order valence-electron chi connectivity index (χ0n) is 20.6. The zero-order chi connectivity index (χ0) is 27.0. The maximum absolute atomic E-state index is 14.3. The highest BCUT2D eigenvalue weighted by Gasteiger charge is 2.39. The van der Waals surface area contributed by atoms with Crippen molar-refractivity contribution in [1.29, 1.82) is 0 Å². The van der Waals surface area contributed by atoms with Crippen molar-refractivity contribution in [3.05, 3.63) is 83.2 Å². The lowest BCUT2D eigenvalue weighted by Gasteiger charge is -2.41. The number of anilines is 3. The minimum atomic E-state index is -4.62. The number of rotatable bonds is 5. The smallest absolute Gasteiger partial charge is 0.418 e. The van der Waals surface area contributed by atoms with Gasteiger partial charge in [0.15, 0.2) is 0 Å². The summed E-state index contributed by atoms with van der Waals surface area (Å²) in [5.41, 5.74) is 2.00. The number of para-hydroxylation sites is 2. The van der Waals surface area contributed by atoms with E-state index in [2.05, 4.69) is 4.99 Å². The van der Waals surface area contributed by atoms with Crippen molar-refractivity contribution in [2.45, 2.75) is 25.6 Å². The van der Waals surface area contributed by atoms with Crippen molar-refractivity contribution < 1.29 is 27.5 Å². The van der Waals surface area contributed by atoms with Gasteiger partial charge in [0.2, 0.25) is 0 Å². The van der Waals surface area contributed by atoms with Gasteiger partial charge in [-0.25, -0.2) is 9.38 Å². The van der Waals surface area contributed by atoms with Crippen LogP contribution in [0.15, 0.2) is 65.7 Å². The van der Waals surface area contributed by atoms with E-state index in [1.807, 2.05) is 4.90 Å². The second-order valence-corrected chi connectivity index (χ2v) is 9.40. The number of aliphatic imine (C=N–C) groups is 1. The topological polar surface area (TPSA) is 59.4 Å². The summed E-state index contributed by atoms with van der Waals surface area (Å²) in [4.78, 5) is 21.5. The van der Waals surface area contributed by atoms with E-state index in [1.54, 1.807) is 54.3 Å². The van der Waals surface area contributed by atoms with Crippen LogP contribution in [0.3, 0.4) is 0 Å². The first kappa shape index (κ1) is 25.6. The Hall–Kier alpha value is -4.08.